The first-order valence-corrected chi connectivity index (χ1v) is 7.39. The van der Waals surface area contributed by atoms with Crippen molar-refractivity contribution in [1.82, 2.24) is 4.90 Å². The second-order valence-corrected chi connectivity index (χ2v) is 5.36. The lowest BCUT2D eigenvalue weighted by Crippen LogP contribution is -2.35. The third-order valence-electron chi connectivity index (χ3n) is 3.82. The lowest BCUT2D eigenvalue weighted by molar-refractivity contribution is 0.398. The van der Waals surface area contributed by atoms with E-state index < -0.39 is 0 Å². The van der Waals surface area contributed by atoms with Gasteiger partial charge in [0.05, 0.1) is 14.2 Å². The van der Waals surface area contributed by atoms with E-state index in [1.807, 2.05) is 25.2 Å². The first kappa shape index (κ1) is 15.5. The largest absolute Gasteiger partial charge is 0.497 e. The summed E-state index contributed by atoms with van der Waals surface area (Å²) >= 11 is 0. The molecule has 0 spiro atoms. The van der Waals surface area contributed by atoms with Gasteiger partial charge < -0.3 is 20.1 Å². The topological polar surface area (TPSA) is 60.1 Å². The summed E-state index contributed by atoms with van der Waals surface area (Å²) < 4.78 is 10.6. The molecule has 1 aliphatic carbocycles. The molecule has 21 heavy (non-hydrogen) atoms. The predicted octanol–water partition coefficient (Wildman–Crippen LogP) is 2.05. The zero-order valence-electron chi connectivity index (χ0n) is 13.1. The highest BCUT2D eigenvalue weighted by atomic mass is 16.5. The van der Waals surface area contributed by atoms with Gasteiger partial charge in [0, 0.05) is 19.6 Å². The number of methoxy groups -OCH3 is 2. The highest BCUT2D eigenvalue weighted by molar-refractivity contribution is 5.78. The fraction of sp³-hybridized carbons (Fsp3) is 0.562. The maximum Gasteiger partial charge on any atom is 0.191 e. The van der Waals surface area contributed by atoms with Crippen molar-refractivity contribution in [2.75, 3.05) is 27.8 Å². The van der Waals surface area contributed by atoms with E-state index in [1.165, 1.54) is 12.8 Å². The van der Waals surface area contributed by atoms with E-state index in [-0.39, 0.29) is 0 Å². The van der Waals surface area contributed by atoms with Crippen LogP contribution in [-0.2, 0) is 6.42 Å². The van der Waals surface area contributed by atoms with Crippen molar-refractivity contribution in [1.29, 1.82) is 0 Å². The van der Waals surface area contributed by atoms with Gasteiger partial charge in [0.15, 0.2) is 5.96 Å². The van der Waals surface area contributed by atoms with Gasteiger partial charge in [-0.25, -0.2) is 0 Å². The number of ether oxygens (including phenoxy) is 2. The van der Waals surface area contributed by atoms with Crippen LogP contribution in [0.2, 0.25) is 0 Å². The zero-order chi connectivity index (χ0) is 15.2. The molecule has 0 unspecified atom stereocenters. The summed E-state index contributed by atoms with van der Waals surface area (Å²) in [5.41, 5.74) is 7.11. The van der Waals surface area contributed by atoms with Crippen LogP contribution in [0.1, 0.15) is 24.8 Å². The minimum Gasteiger partial charge on any atom is -0.497 e. The summed E-state index contributed by atoms with van der Waals surface area (Å²) in [6.45, 7) is 0.725. The van der Waals surface area contributed by atoms with Crippen LogP contribution >= 0.6 is 0 Å². The number of nitrogens with zero attached hydrogens (tertiary/aromatic N) is 2. The Kier molecular flexibility index (Phi) is 5.31. The van der Waals surface area contributed by atoms with Crippen molar-refractivity contribution in [3.63, 3.8) is 0 Å². The van der Waals surface area contributed by atoms with Crippen LogP contribution in [0.3, 0.4) is 0 Å². The lowest BCUT2D eigenvalue weighted by Gasteiger charge is -2.16. The number of aliphatic imine (C=N–C) groups is 1. The van der Waals surface area contributed by atoms with Gasteiger partial charge in [0.25, 0.3) is 0 Å². The van der Waals surface area contributed by atoms with Gasteiger partial charge in [-0.05, 0) is 49.4 Å². The number of guanidine groups is 1. The Balaban J connectivity index is 1.86. The molecule has 1 aromatic rings. The molecule has 116 valence electrons. The number of aryl methyl sites for hydroxylation is 1. The molecule has 1 saturated carbocycles. The zero-order valence-corrected chi connectivity index (χ0v) is 13.1. The molecular formula is C16H25N3O2. The Morgan fingerprint density at radius 1 is 1.33 bits per heavy atom. The van der Waals surface area contributed by atoms with Crippen LogP contribution < -0.4 is 15.2 Å². The maximum atomic E-state index is 5.97. The summed E-state index contributed by atoms with van der Waals surface area (Å²) in [7, 11) is 5.37. The Labute approximate surface area is 126 Å². The van der Waals surface area contributed by atoms with Gasteiger partial charge in [-0.3, -0.25) is 4.99 Å². The van der Waals surface area contributed by atoms with Gasteiger partial charge in [0.2, 0.25) is 0 Å². The van der Waals surface area contributed by atoms with E-state index in [0.29, 0.717) is 12.0 Å². The molecule has 1 fully saturated rings. The van der Waals surface area contributed by atoms with Crippen LogP contribution in [0.15, 0.2) is 23.2 Å². The molecule has 0 amide bonds. The average Bonchev–Trinajstić information content (AvgIpc) is 3.35. The molecule has 2 rings (SSSR count). The minimum absolute atomic E-state index is 0.604. The number of hydrogen-bond donors (Lipinski definition) is 1. The Bertz CT molecular complexity index is 498. The summed E-state index contributed by atoms with van der Waals surface area (Å²) in [5, 5.41) is 0. The predicted molar refractivity (Wildman–Crippen MR) is 85.1 cm³/mol. The summed E-state index contributed by atoms with van der Waals surface area (Å²) in [5.74, 6) is 2.39. The van der Waals surface area contributed by atoms with Crippen LogP contribution in [0.4, 0.5) is 0 Å². The van der Waals surface area contributed by atoms with Crippen LogP contribution in [0.25, 0.3) is 0 Å². The smallest absolute Gasteiger partial charge is 0.191 e. The lowest BCUT2D eigenvalue weighted by atomic mass is 10.1. The van der Waals surface area contributed by atoms with Gasteiger partial charge >= 0.3 is 0 Å². The first-order valence-electron chi connectivity index (χ1n) is 7.39. The maximum absolute atomic E-state index is 5.97. The van der Waals surface area contributed by atoms with E-state index in [2.05, 4.69) is 9.89 Å². The summed E-state index contributed by atoms with van der Waals surface area (Å²) in [6, 6.07) is 6.46. The van der Waals surface area contributed by atoms with Crippen molar-refractivity contribution in [2.45, 2.75) is 31.7 Å². The SMILES string of the molecule is COc1ccc(OC)c(CCCN=C(N)N(C)C2CC2)c1. The fourth-order valence-electron chi connectivity index (χ4n) is 2.30. The molecule has 5 heteroatoms. The molecule has 0 aromatic heterocycles. The molecule has 0 radical (unpaired) electrons. The standard InChI is InChI=1S/C16H25N3O2/c1-19(13-6-7-13)16(17)18-10-4-5-12-11-14(20-2)8-9-15(12)21-3/h8-9,11,13H,4-7,10H2,1-3H3,(H2,17,18). The minimum atomic E-state index is 0.604. The van der Waals surface area contributed by atoms with E-state index in [0.717, 1.165) is 36.4 Å². The average molecular weight is 291 g/mol. The van der Waals surface area contributed by atoms with E-state index in [1.54, 1.807) is 14.2 Å². The van der Waals surface area contributed by atoms with Crippen molar-refractivity contribution >= 4 is 5.96 Å². The van der Waals surface area contributed by atoms with Crippen LogP contribution in [0, 0.1) is 0 Å². The Morgan fingerprint density at radius 3 is 2.71 bits per heavy atom. The molecule has 2 N–H and O–H groups in total. The van der Waals surface area contributed by atoms with Crippen molar-refractivity contribution < 1.29 is 9.47 Å². The first-order chi connectivity index (χ1) is 10.2. The molecule has 0 aliphatic heterocycles. The second kappa shape index (κ2) is 7.20. The van der Waals surface area contributed by atoms with E-state index >= 15 is 0 Å². The Morgan fingerprint density at radius 2 is 2.10 bits per heavy atom. The fourth-order valence-corrected chi connectivity index (χ4v) is 2.30. The molecular weight excluding hydrogens is 266 g/mol. The molecule has 0 atom stereocenters. The van der Waals surface area contributed by atoms with Gasteiger partial charge in [-0.15, -0.1) is 0 Å². The van der Waals surface area contributed by atoms with E-state index in [4.69, 9.17) is 15.2 Å². The molecule has 0 heterocycles. The molecule has 0 saturated heterocycles. The monoisotopic (exact) mass is 291 g/mol. The van der Waals surface area contributed by atoms with Crippen molar-refractivity contribution in [2.24, 2.45) is 10.7 Å². The normalized spacial score (nSPS) is 14.9. The number of hydrogen-bond acceptors (Lipinski definition) is 3. The van der Waals surface area contributed by atoms with Crippen LogP contribution in [0.5, 0.6) is 11.5 Å². The van der Waals surface area contributed by atoms with Gasteiger partial charge in [-0.2, -0.15) is 0 Å². The third-order valence-corrected chi connectivity index (χ3v) is 3.82. The summed E-state index contributed by atoms with van der Waals surface area (Å²) in [4.78, 5) is 6.52. The number of nitrogens with two attached hydrogens (primary N) is 1. The summed E-state index contributed by atoms with van der Waals surface area (Å²) in [6.07, 6.45) is 4.29. The third kappa shape index (κ3) is 4.28. The Hall–Kier alpha value is -1.91. The van der Waals surface area contributed by atoms with Crippen molar-refractivity contribution in [3.05, 3.63) is 23.8 Å². The van der Waals surface area contributed by atoms with E-state index in [9.17, 15) is 0 Å². The highest BCUT2D eigenvalue weighted by Gasteiger charge is 2.27. The highest BCUT2D eigenvalue weighted by Crippen LogP contribution is 2.26. The van der Waals surface area contributed by atoms with Gasteiger partial charge in [0.1, 0.15) is 11.5 Å². The molecule has 1 aliphatic rings. The number of rotatable bonds is 7. The quantitative estimate of drug-likeness (QED) is 0.474. The van der Waals surface area contributed by atoms with Crippen LogP contribution in [-0.4, -0.2) is 44.7 Å². The molecule has 5 nitrogen and oxygen atoms in total. The molecule has 0 bridgehead atoms. The number of benzene rings is 1. The van der Waals surface area contributed by atoms with Gasteiger partial charge in [-0.1, -0.05) is 0 Å². The second-order valence-electron chi connectivity index (χ2n) is 5.36. The molecule has 1 aromatic carbocycles. The van der Waals surface area contributed by atoms with Crippen molar-refractivity contribution in [3.8, 4) is 11.5 Å².